The van der Waals surface area contributed by atoms with Gasteiger partial charge >= 0.3 is 0 Å². The van der Waals surface area contributed by atoms with Gasteiger partial charge in [0, 0.05) is 13.1 Å². The second-order valence-electron chi connectivity index (χ2n) is 6.68. The summed E-state index contributed by atoms with van der Waals surface area (Å²) in [6, 6.07) is 6.99. The first kappa shape index (κ1) is 16.1. The topological polar surface area (TPSA) is 60.9 Å². The Morgan fingerprint density at radius 3 is 2.35 bits per heavy atom. The fraction of sp³-hybridized carbons (Fsp3) is 0.556. The van der Waals surface area contributed by atoms with Gasteiger partial charge < -0.3 is 10.0 Å². The summed E-state index contributed by atoms with van der Waals surface area (Å²) < 4.78 is 0. The molecule has 2 amide bonds. The van der Waals surface area contributed by atoms with Crippen molar-refractivity contribution in [3.05, 3.63) is 35.4 Å². The maximum atomic E-state index is 12.2. The Morgan fingerprint density at radius 1 is 1.17 bits per heavy atom. The van der Waals surface area contributed by atoms with Gasteiger partial charge in [-0.2, -0.15) is 0 Å². The lowest BCUT2D eigenvalue weighted by molar-refractivity contribution is 0.0649. The lowest BCUT2D eigenvalue weighted by Gasteiger charge is -2.21. The summed E-state index contributed by atoms with van der Waals surface area (Å²) in [5, 5.41) is 9.92. The number of aliphatic hydroxyl groups is 1. The number of unbranched alkanes of at least 4 members (excludes halogenated alkanes) is 1. The van der Waals surface area contributed by atoms with Gasteiger partial charge in [-0.25, -0.2) is 0 Å². The molecule has 1 aliphatic heterocycles. The van der Waals surface area contributed by atoms with Crippen LogP contribution >= 0.6 is 0 Å². The lowest BCUT2D eigenvalue weighted by Crippen LogP contribution is -2.33. The highest BCUT2D eigenvalue weighted by atomic mass is 16.3. The number of hydrogen-bond acceptors (Lipinski definition) is 4. The highest BCUT2D eigenvalue weighted by Crippen LogP contribution is 2.32. The average molecular weight is 316 g/mol. The highest BCUT2D eigenvalue weighted by molar-refractivity contribution is 6.21. The number of likely N-dealkylation sites (N-methyl/N-ethyl adjacent to an activating group) is 1. The normalized spacial score (nSPS) is 18.7. The monoisotopic (exact) mass is 316 g/mol. The largest absolute Gasteiger partial charge is 0.392 e. The SMILES string of the molecule is CN(CCCCN1C(=O)c2ccccc2C1=O)CC(O)C1CC1. The first-order valence-electron chi connectivity index (χ1n) is 8.39. The second-order valence-corrected chi connectivity index (χ2v) is 6.68. The molecule has 1 aromatic rings. The van der Waals surface area contributed by atoms with E-state index >= 15 is 0 Å². The standard InChI is InChI=1S/C18H24N2O3/c1-19(12-16(21)13-8-9-13)10-4-5-11-20-17(22)14-6-2-3-7-15(14)18(20)23/h2-3,6-7,13,16,21H,4-5,8-12H2,1H3. The molecule has 5 heteroatoms. The quantitative estimate of drug-likeness (QED) is 0.586. The third-order valence-electron chi connectivity index (χ3n) is 4.71. The van der Waals surface area contributed by atoms with Crippen LogP contribution in [0.15, 0.2) is 24.3 Å². The zero-order chi connectivity index (χ0) is 16.4. The number of benzene rings is 1. The number of carbonyl (C=O) groups is 2. The van der Waals surface area contributed by atoms with Crippen molar-refractivity contribution in [2.75, 3.05) is 26.7 Å². The van der Waals surface area contributed by atoms with Crippen molar-refractivity contribution >= 4 is 11.8 Å². The van der Waals surface area contributed by atoms with Crippen LogP contribution in [0.4, 0.5) is 0 Å². The Kier molecular flexibility index (Phi) is 4.78. The molecule has 1 N–H and O–H groups in total. The third-order valence-corrected chi connectivity index (χ3v) is 4.71. The minimum Gasteiger partial charge on any atom is -0.392 e. The molecule has 0 spiro atoms. The summed E-state index contributed by atoms with van der Waals surface area (Å²) >= 11 is 0. The molecule has 1 heterocycles. The Labute approximate surface area is 136 Å². The van der Waals surface area contributed by atoms with Gasteiger partial charge in [-0.15, -0.1) is 0 Å². The van der Waals surface area contributed by atoms with Crippen LogP contribution in [-0.4, -0.2) is 59.5 Å². The van der Waals surface area contributed by atoms with Crippen molar-refractivity contribution < 1.29 is 14.7 Å². The van der Waals surface area contributed by atoms with Crippen LogP contribution in [0.25, 0.3) is 0 Å². The first-order valence-corrected chi connectivity index (χ1v) is 8.39. The molecule has 1 atom stereocenters. The van der Waals surface area contributed by atoms with Crippen molar-refractivity contribution in [1.82, 2.24) is 9.80 Å². The summed E-state index contributed by atoms with van der Waals surface area (Å²) in [5.41, 5.74) is 1.03. The lowest BCUT2D eigenvalue weighted by atomic mass is 10.1. The fourth-order valence-corrected chi connectivity index (χ4v) is 3.13. The molecule has 1 saturated carbocycles. The molecule has 1 aromatic carbocycles. The van der Waals surface area contributed by atoms with Crippen LogP contribution in [0.1, 0.15) is 46.4 Å². The van der Waals surface area contributed by atoms with E-state index in [9.17, 15) is 14.7 Å². The van der Waals surface area contributed by atoms with Crippen molar-refractivity contribution in [1.29, 1.82) is 0 Å². The number of imide groups is 1. The minimum atomic E-state index is -0.212. The molecule has 1 unspecified atom stereocenters. The molecule has 0 saturated heterocycles. The molecule has 23 heavy (non-hydrogen) atoms. The van der Waals surface area contributed by atoms with Gasteiger partial charge in [0.05, 0.1) is 17.2 Å². The molecule has 5 nitrogen and oxygen atoms in total. The maximum absolute atomic E-state index is 12.2. The van der Waals surface area contributed by atoms with E-state index in [1.54, 1.807) is 24.3 Å². The summed E-state index contributed by atoms with van der Waals surface area (Å²) in [5.74, 6) is 0.141. The Morgan fingerprint density at radius 2 is 1.78 bits per heavy atom. The zero-order valence-electron chi connectivity index (χ0n) is 13.6. The van der Waals surface area contributed by atoms with Crippen molar-refractivity contribution in [2.24, 2.45) is 5.92 Å². The number of carbonyl (C=O) groups excluding carboxylic acids is 2. The number of rotatable bonds is 8. The van der Waals surface area contributed by atoms with Crippen LogP contribution in [0.3, 0.4) is 0 Å². The zero-order valence-corrected chi connectivity index (χ0v) is 13.6. The van der Waals surface area contributed by atoms with E-state index in [0.717, 1.165) is 32.2 Å². The predicted octanol–water partition coefficient (Wildman–Crippen LogP) is 1.77. The smallest absolute Gasteiger partial charge is 0.261 e. The molecule has 1 fully saturated rings. The van der Waals surface area contributed by atoms with Gasteiger partial charge in [0.15, 0.2) is 0 Å². The Hall–Kier alpha value is -1.72. The first-order chi connectivity index (χ1) is 11.1. The van der Waals surface area contributed by atoms with E-state index in [2.05, 4.69) is 4.90 Å². The van der Waals surface area contributed by atoms with Crippen LogP contribution in [0, 0.1) is 5.92 Å². The van der Waals surface area contributed by atoms with Crippen molar-refractivity contribution in [3.8, 4) is 0 Å². The molecule has 0 aromatic heterocycles. The summed E-state index contributed by atoms with van der Waals surface area (Å²) in [6.45, 7) is 2.04. The Balaban J connectivity index is 1.41. The van der Waals surface area contributed by atoms with E-state index < -0.39 is 0 Å². The van der Waals surface area contributed by atoms with E-state index in [1.165, 1.54) is 4.90 Å². The van der Waals surface area contributed by atoms with Crippen molar-refractivity contribution in [3.63, 3.8) is 0 Å². The van der Waals surface area contributed by atoms with Gasteiger partial charge in [0.2, 0.25) is 0 Å². The number of aliphatic hydroxyl groups excluding tert-OH is 1. The molecule has 3 rings (SSSR count). The number of amides is 2. The molecule has 2 aliphatic rings. The van der Waals surface area contributed by atoms with Gasteiger partial charge in [-0.05, 0) is 57.3 Å². The average Bonchev–Trinajstić information content (AvgIpc) is 3.35. The molecule has 1 aliphatic carbocycles. The molecular weight excluding hydrogens is 292 g/mol. The Bertz CT molecular complexity index is 563. The minimum absolute atomic E-state index is 0.178. The van der Waals surface area contributed by atoms with Gasteiger partial charge in [-0.1, -0.05) is 12.1 Å². The van der Waals surface area contributed by atoms with Gasteiger partial charge in [0.25, 0.3) is 11.8 Å². The van der Waals surface area contributed by atoms with E-state index in [4.69, 9.17) is 0 Å². The van der Waals surface area contributed by atoms with E-state index in [-0.39, 0.29) is 17.9 Å². The third kappa shape index (κ3) is 3.62. The predicted molar refractivity (Wildman–Crippen MR) is 87.3 cm³/mol. The van der Waals surface area contributed by atoms with Crippen LogP contribution in [-0.2, 0) is 0 Å². The van der Waals surface area contributed by atoms with Crippen LogP contribution in [0.5, 0.6) is 0 Å². The summed E-state index contributed by atoms with van der Waals surface area (Å²) in [7, 11) is 2.01. The summed E-state index contributed by atoms with van der Waals surface area (Å²) in [6.07, 6.45) is 3.77. The molecule has 0 bridgehead atoms. The van der Waals surface area contributed by atoms with Gasteiger partial charge in [-0.3, -0.25) is 14.5 Å². The van der Waals surface area contributed by atoms with Gasteiger partial charge in [0.1, 0.15) is 0 Å². The van der Waals surface area contributed by atoms with Crippen LogP contribution < -0.4 is 0 Å². The number of nitrogens with zero attached hydrogens (tertiary/aromatic N) is 2. The van der Waals surface area contributed by atoms with E-state index in [1.807, 2.05) is 7.05 Å². The molecule has 0 radical (unpaired) electrons. The number of fused-ring (bicyclic) bond motifs is 1. The second kappa shape index (κ2) is 6.81. The fourth-order valence-electron chi connectivity index (χ4n) is 3.13. The maximum Gasteiger partial charge on any atom is 0.261 e. The van der Waals surface area contributed by atoms with E-state index in [0.29, 0.717) is 30.1 Å². The van der Waals surface area contributed by atoms with Crippen LogP contribution in [0.2, 0.25) is 0 Å². The molecular formula is C18H24N2O3. The number of hydrogen-bond donors (Lipinski definition) is 1. The molecule has 124 valence electrons. The highest BCUT2D eigenvalue weighted by Gasteiger charge is 2.34. The summed E-state index contributed by atoms with van der Waals surface area (Å²) in [4.78, 5) is 27.9. The van der Waals surface area contributed by atoms with Crippen molar-refractivity contribution in [2.45, 2.75) is 31.8 Å².